The molecule has 0 bridgehead atoms. The van der Waals surface area contributed by atoms with E-state index in [1.165, 1.54) is 43.6 Å². The fourth-order valence-corrected chi connectivity index (χ4v) is 3.55. The van der Waals surface area contributed by atoms with Gasteiger partial charge < -0.3 is 5.32 Å². The standard InChI is InChI=1S/C15H21ClN2/c1-11-10-17-14-9-12(16)5-6-13(14)15(11)18-7-3-2-4-8-18/h5-6,9,11,15,17H,2-4,7-8,10H2,1H3. The maximum Gasteiger partial charge on any atom is 0.0426 e. The van der Waals surface area contributed by atoms with Gasteiger partial charge in [0.1, 0.15) is 0 Å². The zero-order valence-corrected chi connectivity index (χ0v) is 11.7. The minimum Gasteiger partial charge on any atom is -0.384 e. The van der Waals surface area contributed by atoms with Crippen LogP contribution in [0.1, 0.15) is 37.8 Å². The molecule has 0 saturated carbocycles. The van der Waals surface area contributed by atoms with Crippen molar-refractivity contribution in [3.63, 3.8) is 0 Å². The highest BCUT2D eigenvalue weighted by Gasteiger charge is 2.31. The molecule has 1 aromatic rings. The van der Waals surface area contributed by atoms with Crippen molar-refractivity contribution in [2.75, 3.05) is 25.0 Å². The molecule has 1 aromatic carbocycles. The van der Waals surface area contributed by atoms with Gasteiger partial charge in [-0.05, 0) is 49.5 Å². The average Bonchev–Trinajstić information content (AvgIpc) is 2.40. The second kappa shape index (κ2) is 5.10. The van der Waals surface area contributed by atoms with Crippen LogP contribution >= 0.6 is 11.6 Å². The van der Waals surface area contributed by atoms with E-state index in [1.54, 1.807) is 0 Å². The molecule has 2 unspecified atom stereocenters. The normalized spacial score (nSPS) is 28.6. The smallest absolute Gasteiger partial charge is 0.0426 e. The summed E-state index contributed by atoms with van der Waals surface area (Å²) < 4.78 is 0. The summed E-state index contributed by atoms with van der Waals surface area (Å²) in [6.07, 6.45) is 4.09. The summed E-state index contributed by atoms with van der Waals surface area (Å²) in [5, 5.41) is 4.34. The van der Waals surface area contributed by atoms with Crippen molar-refractivity contribution >= 4 is 17.3 Å². The van der Waals surface area contributed by atoms with Crippen molar-refractivity contribution < 1.29 is 0 Å². The monoisotopic (exact) mass is 264 g/mol. The van der Waals surface area contributed by atoms with Crippen molar-refractivity contribution in [2.24, 2.45) is 5.92 Å². The molecule has 1 N–H and O–H groups in total. The first-order valence-corrected chi connectivity index (χ1v) is 7.41. The highest BCUT2D eigenvalue weighted by molar-refractivity contribution is 6.30. The van der Waals surface area contributed by atoms with Crippen molar-refractivity contribution in [2.45, 2.75) is 32.2 Å². The summed E-state index contributed by atoms with van der Waals surface area (Å²) in [4.78, 5) is 2.67. The number of nitrogens with zero attached hydrogens (tertiary/aromatic N) is 1. The topological polar surface area (TPSA) is 15.3 Å². The minimum absolute atomic E-state index is 0.568. The second-order valence-electron chi connectivity index (χ2n) is 5.63. The molecule has 2 aliphatic rings. The number of anilines is 1. The van der Waals surface area contributed by atoms with E-state index < -0.39 is 0 Å². The Hall–Kier alpha value is -0.730. The van der Waals surface area contributed by atoms with Crippen LogP contribution in [-0.2, 0) is 0 Å². The van der Waals surface area contributed by atoms with Crippen LogP contribution in [0.3, 0.4) is 0 Å². The summed E-state index contributed by atoms with van der Waals surface area (Å²) >= 11 is 6.09. The van der Waals surface area contributed by atoms with E-state index in [0.29, 0.717) is 12.0 Å². The molecule has 2 atom stereocenters. The third-order valence-electron chi connectivity index (χ3n) is 4.27. The molecule has 0 amide bonds. The van der Waals surface area contributed by atoms with Crippen molar-refractivity contribution in [1.82, 2.24) is 4.90 Å². The largest absolute Gasteiger partial charge is 0.384 e. The van der Waals surface area contributed by atoms with Gasteiger partial charge in [-0.3, -0.25) is 4.90 Å². The van der Waals surface area contributed by atoms with E-state index in [-0.39, 0.29) is 0 Å². The lowest BCUT2D eigenvalue weighted by atomic mass is 9.87. The molecule has 2 nitrogen and oxygen atoms in total. The third-order valence-corrected chi connectivity index (χ3v) is 4.51. The molecule has 0 spiro atoms. The van der Waals surface area contributed by atoms with Gasteiger partial charge in [0.05, 0.1) is 0 Å². The van der Waals surface area contributed by atoms with Gasteiger partial charge in [0.2, 0.25) is 0 Å². The molecule has 1 fully saturated rings. The number of hydrogen-bond acceptors (Lipinski definition) is 2. The lowest BCUT2D eigenvalue weighted by Gasteiger charge is -2.42. The molecule has 0 radical (unpaired) electrons. The van der Waals surface area contributed by atoms with Crippen LogP contribution in [0.25, 0.3) is 0 Å². The number of rotatable bonds is 1. The van der Waals surface area contributed by atoms with Gasteiger partial charge in [-0.25, -0.2) is 0 Å². The Kier molecular flexibility index (Phi) is 3.49. The fraction of sp³-hybridized carbons (Fsp3) is 0.600. The third kappa shape index (κ3) is 2.24. The van der Waals surface area contributed by atoms with E-state index in [1.807, 2.05) is 6.07 Å². The van der Waals surface area contributed by atoms with Gasteiger partial charge in [-0.1, -0.05) is 31.0 Å². The Bertz CT molecular complexity index is 427. The predicted octanol–water partition coefficient (Wildman–Crippen LogP) is 3.93. The van der Waals surface area contributed by atoms with Gasteiger partial charge in [-0.2, -0.15) is 0 Å². The van der Waals surface area contributed by atoms with Crippen LogP contribution in [-0.4, -0.2) is 24.5 Å². The maximum atomic E-state index is 6.09. The number of piperidine rings is 1. The van der Waals surface area contributed by atoms with Gasteiger partial charge in [0, 0.05) is 23.3 Å². The Morgan fingerprint density at radius 1 is 1.22 bits per heavy atom. The Balaban J connectivity index is 1.93. The van der Waals surface area contributed by atoms with Crippen LogP contribution in [0.4, 0.5) is 5.69 Å². The van der Waals surface area contributed by atoms with Crippen LogP contribution < -0.4 is 5.32 Å². The number of benzene rings is 1. The van der Waals surface area contributed by atoms with Gasteiger partial charge in [0.15, 0.2) is 0 Å². The molecular formula is C15H21ClN2. The Morgan fingerprint density at radius 2 is 2.00 bits per heavy atom. The highest BCUT2D eigenvalue weighted by atomic mass is 35.5. The molecule has 3 rings (SSSR count). The molecule has 18 heavy (non-hydrogen) atoms. The summed E-state index contributed by atoms with van der Waals surface area (Å²) in [5.74, 6) is 0.664. The van der Waals surface area contributed by atoms with E-state index in [0.717, 1.165) is 11.6 Å². The number of nitrogens with one attached hydrogen (secondary N) is 1. The number of likely N-dealkylation sites (tertiary alicyclic amines) is 1. The molecule has 3 heteroatoms. The predicted molar refractivity (Wildman–Crippen MR) is 77.3 cm³/mol. The van der Waals surface area contributed by atoms with E-state index >= 15 is 0 Å². The van der Waals surface area contributed by atoms with Crippen LogP contribution in [0.15, 0.2) is 18.2 Å². The fourth-order valence-electron chi connectivity index (χ4n) is 3.38. The summed E-state index contributed by atoms with van der Waals surface area (Å²) in [6.45, 7) is 5.90. The maximum absolute atomic E-state index is 6.09. The molecule has 2 heterocycles. The minimum atomic E-state index is 0.568. The lowest BCUT2D eigenvalue weighted by molar-refractivity contribution is 0.123. The molecule has 1 saturated heterocycles. The quantitative estimate of drug-likeness (QED) is 0.827. The first-order chi connectivity index (χ1) is 8.75. The molecule has 98 valence electrons. The molecule has 0 aliphatic carbocycles. The van der Waals surface area contributed by atoms with E-state index in [9.17, 15) is 0 Å². The van der Waals surface area contributed by atoms with Gasteiger partial charge in [-0.15, -0.1) is 0 Å². The lowest BCUT2D eigenvalue weighted by Crippen LogP contribution is -2.41. The number of halogens is 1. The van der Waals surface area contributed by atoms with Crippen LogP contribution in [0.5, 0.6) is 0 Å². The Labute approximate surface area is 114 Å². The zero-order chi connectivity index (χ0) is 12.5. The molecular weight excluding hydrogens is 244 g/mol. The van der Waals surface area contributed by atoms with E-state index in [4.69, 9.17) is 11.6 Å². The van der Waals surface area contributed by atoms with Crippen molar-refractivity contribution in [1.29, 1.82) is 0 Å². The second-order valence-corrected chi connectivity index (χ2v) is 6.07. The van der Waals surface area contributed by atoms with Crippen molar-refractivity contribution in [3.05, 3.63) is 28.8 Å². The number of hydrogen-bond donors (Lipinski definition) is 1. The SMILES string of the molecule is CC1CNc2cc(Cl)ccc2C1N1CCCCC1. The first kappa shape index (κ1) is 12.3. The Morgan fingerprint density at radius 3 is 2.78 bits per heavy atom. The number of fused-ring (bicyclic) bond motifs is 1. The first-order valence-electron chi connectivity index (χ1n) is 7.03. The highest BCUT2D eigenvalue weighted by Crippen LogP contribution is 2.39. The van der Waals surface area contributed by atoms with Crippen LogP contribution in [0, 0.1) is 5.92 Å². The van der Waals surface area contributed by atoms with Crippen molar-refractivity contribution in [3.8, 4) is 0 Å². The van der Waals surface area contributed by atoms with Gasteiger partial charge in [0.25, 0.3) is 0 Å². The zero-order valence-electron chi connectivity index (χ0n) is 11.0. The van der Waals surface area contributed by atoms with E-state index in [2.05, 4.69) is 29.3 Å². The van der Waals surface area contributed by atoms with Crippen LogP contribution in [0.2, 0.25) is 5.02 Å². The van der Waals surface area contributed by atoms with Gasteiger partial charge >= 0.3 is 0 Å². The molecule has 2 aliphatic heterocycles. The average molecular weight is 265 g/mol. The summed E-state index contributed by atoms with van der Waals surface area (Å²) in [7, 11) is 0. The molecule has 0 aromatic heterocycles. The summed E-state index contributed by atoms with van der Waals surface area (Å²) in [6, 6.07) is 6.87. The summed E-state index contributed by atoms with van der Waals surface area (Å²) in [5.41, 5.74) is 2.66.